The number of esters is 1. The van der Waals surface area contributed by atoms with Crippen LogP contribution in [0.3, 0.4) is 0 Å². The monoisotopic (exact) mass is 281 g/mol. The van der Waals surface area contributed by atoms with Crippen LogP contribution in [0.4, 0.5) is 0 Å². The van der Waals surface area contributed by atoms with E-state index < -0.39 is 5.97 Å². The molecule has 0 aliphatic rings. The lowest BCUT2D eigenvalue weighted by atomic mass is 10.1. The molecule has 0 amide bonds. The second kappa shape index (κ2) is 8.11. The molecule has 0 N–H and O–H groups in total. The van der Waals surface area contributed by atoms with Crippen molar-refractivity contribution in [3.63, 3.8) is 0 Å². The summed E-state index contributed by atoms with van der Waals surface area (Å²) in [5, 5.41) is 2.95. The highest BCUT2D eigenvalue weighted by molar-refractivity contribution is 5.94. The van der Waals surface area contributed by atoms with Gasteiger partial charge in [-0.3, -0.25) is 0 Å². The van der Waals surface area contributed by atoms with Gasteiger partial charge in [-0.05, 0) is 18.6 Å². The van der Waals surface area contributed by atoms with E-state index in [4.69, 9.17) is 24.5 Å². The molecule has 0 radical (unpaired) electrons. The zero-order valence-electron chi connectivity index (χ0n) is 11.7. The van der Waals surface area contributed by atoms with Crippen molar-refractivity contribution in [2.75, 3.05) is 34.2 Å². The molecule has 0 aliphatic carbocycles. The average molecular weight is 281 g/mol. The minimum absolute atomic E-state index is 0.00113. The lowest BCUT2D eigenvalue weighted by molar-refractivity contribution is 0.0462. The third-order valence-electron chi connectivity index (χ3n) is 2.45. The maximum absolute atomic E-state index is 11.8. The first-order valence-corrected chi connectivity index (χ1v) is 5.92. The topological polar surface area (TPSA) is 88.6 Å². The summed E-state index contributed by atoms with van der Waals surface area (Å²) in [5.41, 5.74) is 9.34. The zero-order valence-corrected chi connectivity index (χ0v) is 11.7. The van der Waals surface area contributed by atoms with Gasteiger partial charge in [0.25, 0.3) is 0 Å². The molecule has 1 aromatic carbocycles. The van der Waals surface area contributed by atoms with Crippen LogP contribution < -0.4 is 9.47 Å². The molecular weight excluding hydrogens is 264 g/mol. The molecule has 0 aromatic heterocycles. The molecule has 0 spiro atoms. The maximum atomic E-state index is 11.8. The fraction of sp³-hybridized carbons (Fsp3) is 0.462. The Hall–Kier alpha value is -2.15. The van der Waals surface area contributed by atoms with Crippen molar-refractivity contribution in [1.82, 2.24) is 0 Å². The molecule has 7 heteroatoms. The SMILES string of the molecule is COCOc1cc(OCCN=[N-])cc(C)c1C(=O)OC. The Bertz CT molecular complexity index is 476. The number of carbonyl (C=O) groups is 1. The van der Waals surface area contributed by atoms with E-state index in [-0.39, 0.29) is 19.9 Å². The number of benzene rings is 1. The summed E-state index contributed by atoms with van der Waals surface area (Å²) in [7, 11) is 2.78. The van der Waals surface area contributed by atoms with E-state index >= 15 is 0 Å². The summed E-state index contributed by atoms with van der Waals surface area (Å²) in [5.74, 6) is 0.324. The number of rotatable bonds is 8. The van der Waals surface area contributed by atoms with Gasteiger partial charge in [0.1, 0.15) is 23.7 Å². The van der Waals surface area contributed by atoms with Crippen LogP contribution in [0, 0.1) is 6.92 Å². The van der Waals surface area contributed by atoms with Gasteiger partial charge in [0.2, 0.25) is 0 Å². The van der Waals surface area contributed by atoms with E-state index in [1.165, 1.54) is 14.2 Å². The van der Waals surface area contributed by atoms with E-state index in [0.29, 0.717) is 22.6 Å². The third kappa shape index (κ3) is 4.20. The van der Waals surface area contributed by atoms with Crippen LogP contribution in [0.25, 0.3) is 5.53 Å². The number of hydrogen-bond donors (Lipinski definition) is 0. The highest BCUT2D eigenvalue weighted by Crippen LogP contribution is 2.29. The van der Waals surface area contributed by atoms with Crippen molar-refractivity contribution in [3.05, 3.63) is 28.8 Å². The number of nitrogens with zero attached hydrogens (tertiary/aromatic N) is 2. The predicted molar refractivity (Wildman–Crippen MR) is 71.2 cm³/mol. The highest BCUT2D eigenvalue weighted by Gasteiger charge is 2.18. The van der Waals surface area contributed by atoms with Crippen LogP contribution in [0.2, 0.25) is 0 Å². The van der Waals surface area contributed by atoms with Gasteiger partial charge < -0.3 is 29.6 Å². The van der Waals surface area contributed by atoms with Gasteiger partial charge in [-0.25, -0.2) is 4.79 Å². The van der Waals surface area contributed by atoms with Gasteiger partial charge in [-0.15, -0.1) is 0 Å². The van der Waals surface area contributed by atoms with E-state index in [0.717, 1.165) is 0 Å². The molecule has 0 aliphatic heterocycles. The van der Waals surface area contributed by atoms with Crippen molar-refractivity contribution in [1.29, 1.82) is 0 Å². The van der Waals surface area contributed by atoms with Crippen LogP contribution >= 0.6 is 0 Å². The molecule has 20 heavy (non-hydrogen) atoms. The van der Waals surface area contributed by atoms with Gasteiger partial charge in [0.05, 0.1) is 7.11 Å². The summed E-state index contributed by atoms with van der Waals surface area (Å²) in [4.78, 5) is 11.8. The van der Waals surface area contributed by atoms with Gasteiger partial charge in [-0.2, -0.15) is 0 Å². The largest absolute Gasteiger partial charge is 0.712 e. The van der Waals surface area contributed by atoms with Crippen molar-refractivity contribution < 1.29 is 23.7 Å². The van der Waals surface area contributed by atoms with Gasteiger partial charge >= 0.3 is 5.97 Å². The molecule has 0 atom stereocenters. The first-order valence-electron chi connectivity index (χ1n) is 5.92. The molecule has 0 saturated carbocycles. The maximum Gasteiger partial charge on any atom is 0.341 e. The molecule has 7 nitrogen and oxygen atoms in total. The standard InChI is InChI=1S/C13H17N2O5/c1-9-6-10(19-5-4-15-14)7-11(20-8-17-2)12(9)13(16)18-3/h6-7H,4-5,8H2,1-3H3/q-1. The van der Waals surface area contributed by atoms with Crippen molar-refractivity contribution >= 4 is 5.97 Å². The van der Waals surface area contributed by atoms with Crippen LogP contribution in [-0.2, 0) is 9.47 Å². The fourth-order valence-electron chi connectivity index (χ4n) is 1.61. The molecule has 1 rings (SSSR count). The number of methoxy groups -OCH3 is 2. The quantitative estimate of drug-likeness (QED) is 0.315. The Morgan fingerprint density at radius 2 is 2.05 bits per heavy atom. The zero-order chi connectivity index (χ0) is 15.0. The molecule has 110 valence electrons. The second-order valence-electron chi connectivity index (χ2n) is 3.87. The molecule has 1 aromatic rings. The third-order valence-corrected chi connectivity index (χ3v) is 2.45. The van der Waals surface area contributed by atoms with Crippen molar-refractivity contribution in [2.24, 2.45) is 5.11 Å². The Morgan fingerprint density at radius 1 is 1.30 bits per heavy atom. The van der Waals surface area contributed by atoms with Crippen LogP contribution in [-0.4, -0.2) is 40.1 Å². The summed E-state index contributed by atoms with van der Waals surface area (Å²) < 4.78 is 20.3. The fourth-order valence-corrected chi connectivity index (χ4v) is 1.61. The number of ether oxygens (including phenoxy) is 4. The first-order chi connectivity index (χ1) is 9.63. The van der Waals surface area contributed by atoms with Gasteiger partial charge in [0.15, 0.2) is 6.79 Å². The number of aryl methyl sites for hydroxylation is 1. The molecule has 0 bridgehead atoms. The highest BCUT2D eigenvalue weighted by atomic mass is 16.7. The molecule has 0 unspecified atom stereocenters. The van der Waals surface area contributed by atoms with Crippen LogP contribution in [0.15, 0.2) is 17.2 Å². The minimum atomic E-state index is -0.495. The lowest BCUT2D eigenvalue weighted by Crippen LogP contribution is -2.10. The smallest absolute Gasteiger partial charge is 0.341 e. The number of hydrogen-bond acceptors (Lipinski definition) is 6. The summed E-state index contributed by atoms with van der Waals surface area (Å²) in [6.45, 7) is 2.12. The Labute approximate surface area is 117 Å². The van der Waals surface area contributed by atoms with Crippen LogP contribution in [0.1, 0.15) is 15.9 Å². The van der Waals surface area contributed by atoms with Crippen LogP contribution in [0.5, 0.6) is 11.5 Å². The number of carbonyl (C=O) groups excluding carboxylic acids is 1. The van der Waals surface area contributed by atoms with E-state index in [1.54, 1.807) is 19.1 Å². The summed E-state index contributed by atoms with van der Waals surface area (Å²) in [6.07, 6.45) is 0. The van der Waals surface area contributed by atoms with Crippen molar-refractivity contribution in [2.45, 2.75) is 6.92 Å². The van der Waals surface area contributed by atoms with Crippen molar-refractivity contribution in [3.8, 4) is 11.5 Å². The summed E-state index contributed by atoms with van der Waals surface area (Å²) in [6, 6.07) is 3.25. The first kappa shape index (κ1) is 15.9. The molecule has 0 heterocycles. The molecule has 0 fully saturated rings. The van der Waals surface area contributed by atoms with E-state index in [2.05, 4.69) is 5.11 Å². The van der Waals surface area contributed by atoms with E-state index in [9.17, 15) is 4.79 Å². The molecule has 0 saturated heterocycles. The van der Waals surface area contributed by atoms with Gasteiger partial charge in [0, 0.05) is 19.7 Å². The van der Waals surface area contributed by atoms with Gasteiger partial charge in [-0.1, -0.05) is 0 Å². The Morgan fingerprint density at radius 3 is 2.65 bits per heavy atom. The Balaban J connectivity index is 3.04. The minimum Gasteiger partial charge on any atom is -0.712 e. The lowest BCUT2D eigenvalue weighted by Gasteiger charge is -2.14. The average Bonchev–Trinajstić information content (AvgIpc) is 2.44. The second-order valence-corrected chi connectivity index (χ2v) is 3.87. The Kier molecular flexibility index (Phi) is 6.45. The summed E-state index contributed by atoms with van der Waals surface area (Å²) >= 11 is 0. The predicted octanol–water partition coefficient (Wildman–Crippen LogP) is 2.16. The normalized spacial score (nSPS) is 9.95. The van der Waals surface area contributed by atoms with E-state index in [1.807, 2.05) is 0 Å². The molecular formula is C13H17N2O5-.